The summed E-state index contributed by atoms with van der Waals surface area (Å²) in [5, 5.41) is 3.30. The molecule has 5 nitrogen and oxygen atoms in total. The minimum atomic E-state index is 0.520. The maximum Gasteiger partial charge on any atom is 0.139 e. The van der Waals surface area contributed by atoms with E-state index in [-0.39, 0.29) is 0 Å². The number of nitrogens with zero attached hydrogens (tertiary/aromatic N) is 2. The summed E-state index contributed by atoms with van der Waals surface area (Å²) in [6.07, 6.45) is 2.25. The zero-order valence-electron chi connectivity index (χ0n) is 11.4. The van der Waals surface area contributed by atoms with Gasteiger partial charge in [-0.15, -0.1) is 0 Å². The predicted octanol–water partition coefficient (Wildman–Crippen LogP) is 2.68. The molecule has 0 aliphatic carbocycles. The van der Waals surface area contributed by atoms with Gasteiger partial charge in [-0.1, -0.05) is 6.92 Å². The fraction of sp³-hybridized carbons (Fsp3) is 0.286. The lowest BCUT2D eigenvalue weighted by molar-refractivity contribution is 0.414. The molecular formula is C14H18N4O. The second-order valence-corrected chi connectivity index (χ2v) is 4.25. The van der Waals surface area contributed by atoms with Crippen molar-refractivity contribution in [1.29, 1.82) is 0 Å². The van der Waals surface area contributed by atoms with Crippen LogP contribution in [0.3, 0.4) is 0 Å². The first-order valence-corrected chi connectivity index (χ1v) is 6.16. The van der Waals surface area contributed by atoms with Gasteiger partial charge in [0.2, 0.25) is 0 Å². The van der Waals surface area contributed by atoms with Crippen LogP contribution in [0.4, 0.5) is 17.3 Å². The summed E-state index contributed by atoms with van der Waals surface area (Å²) in [7, 11) is 1.65. The number of ether oxygens (including phenoxy) is 1. The summed E-state index contributed by atoms with van der Waals surface area (Å²) < 4.78 is 5.19. The van der Waals surface area contributed by atoms with Gasteiger partial charge < -0.3 is 15.8 Å². The molecule has 0 saturated heterocycles. The van der Waals surface area contributed by atoms with E-state index in [0.29, 0.717) is 5.82 Å². The van der Waals surface area contributed by atoms with Crippen molar-refractivity contribution in [2.45, 2.75) is 20.3 Å². The summed E-state index contributed by atoms with van der Waals surface area (Å²) >= 11 is 0. The molecule has 2 rings (SSSR count). The second-order valence-electron chi connectivity index (χ2n) is 4.25. The fourth-order valence-electron chi connectivity index (χ4n) is 1.91. The zero-order valence-corrected chi connectivity index (χ0v) is 11.4. The smallest absolute Gasteiger partial charge is 0.139 e. The second kappa shape index (κ2) is 5.56. The van der Waals surface area contributed by atoms with Crippen LogP contribution in [0.15, 0.2) is 24.5 Å². The highest BCUT2D eigenvalue weighted by molar-refractivity contribution is 5.66. The number of nitrogen functional groups attached to an aromatic ring is 1. The zero-order chi connectivity index (χ0) is 13.8. The summed E-state index contributed by atoms with van der Waals surface area (Å²) in [5.41, 5.74) is 8.85. The summed E-state index contributed by atoms with van der Waals surface area (Å²) in [6, 6.07) is 5.84. The number of aryl methyl sites for hydroxylation is 1. The summed E-state index contributed by atoms with van der Waals surface area (Å²) in [5.74, 6) is 2.11. The van der Waals surface area contributed by atoms with Crippen molar-refractivity contribution >= 4 is 17.3 Å². The van der Waals surface area contributed by atoms with E-state index in [9.17, 15) is 0 Å². The van der Waals surface area contributed by atoms with Crippen LogP contribution < -0.4 is 15.8 Å². The van der Waals surface area contributed by atoms with Gasteiger partial charge in [-0.3, -0.25) is 0 Å². The Kier molecular flexibility index (Phi) is 3.85. The van der Waals surface area contributed by atoms with E-state index in [1.165, 1.54) is 6.33 Å². The molecule has 0 spiro atoms. The first-order chi connectivity index (χ1) is 9.15. The average molecular weight is 258 g/mol. The topological polar surface area (TPSA) is 73.1 Å². The van der Waals surface area contributed by atoms with Gasteiger partial charge in [0.25, 0.3) is 0 Å². The van der Waals surface area contributed by atoms with Crippen LogP contribution in [0.25, 0.3) is 0 Å². The molecule has 0 saturated carbocycles. The molecule has 0 amide bonds. The molecule has 2 aromatic rings. The quantitative estimate of drug-likeness (QED) is 0.882. The Morgan fingerprint density at radius 3 is 2.74 bits per heavy atom. The third-order valence-electron chi connectivity index (χ3n) is 3.02. The number of methoxy groups -OCH3 is 1. The molecule has 5 heteroatoms. The van der Waals surface area contributed by atoms with E-state index in [1.807, 2.05) is 32.0 Å². The van der Waals surface area contributed by atoms with Gasteiger partial charge in [-0.25, -0.2) is 9.97 Å². The number of benzene rings is 1. The molecular weight excluding hydrogens is 240 g/mol. The van der Waals surface area contributed by atoms with E-state index in [4.69, 9.17) is 10.5 Å². The number of nitrogens with one attached hydrogen (secondary N) is 1. The summed E-state index contributed by atoms with van der Waals surface area (Å²) in [6.45, 7) is 4.04. The average Bonchev–Trinajstić information content (AvgIpc) is 2.41. The van der Waals surface area contributed by atoms with Crippen LogP contribution in [0, 0.1) is 6.92 Å². The highest BCUT2D eigenvalue weighted by atomic mass is 16.5. The molecule has 3 N–H and O–H groups in total. The molecule has 0 bridgehead atoms. The Bertz CT molecular complexity index is 584. The third kappa shape index (κ3) is 2.76. The molecule has 1 aromatic heterocycles. The molecule has 0 unspecified atom stereocenters. The van der Waals surface area contributed by atoms with E-state index in [0.717, 1.165) is 34.8 Å². The van der Waals surface area contributed by atoms with E-state index in [2.05, 4.69) is 15.3 Å². The van der Waals surface area contributed by atoms with Crippen molar-refractivity contribution in [2.24, 2.45) is 0 Å². The molecule has 0 aliphatic rings. The number of hydrogen-bond donors (Lipinski definition) is 2. The summed E-state index contributed by atoms with van der Waals surface area (Å²) in [4.78, 5) is 8.26. The molecule has 0 atom stereocenters. The fourth-order valence-corrected chi connectivity index (χ4v) is 1.91. The van der Waals surface area contributed by atoms with E-state index in [1.54, 1.807) is 7.11 Å². The maximum absolute atomic E-state index is 5.86. The molecule has 0 radical (unpaired) electrons. The molecule has 1 heterocycles. The van der Waals surface area contributed by atoms with Crippen LogP contribution in [0.5, 0.6) is 5.75 Å². The first-order valence-electron chi connectivity index (χ1n) is 6.16. The van der Waals surface area contributed by atoms with Crippen molar-refractivity contribution in [3.05, 3.63) is 35.7 Å². The molecule has 0 aliphatic heterocycles. The lowest BCUT2D eigenvalue weighted by Gasteiger charge is -2.13. The molecule has 0 fully saturated rings. The Morgan fingerprint density at radius 1 is 1.32 bits per heavy atom. The van der Waals surface area contributed by atoms with Crippen LogP contribution in [-0.2, 0) is 6.42 Å². The predicted molar refractivity (Wildman–Crippen MR) is 76.8 cm³/mol. The normalized spacial score (nSPS) is 10.3. The molecule has 19 heavy (non-hydrogen) atoms. The standard InChI is InChI=1S/C14H18N4O/c1-4-11-13(15)16-8-17-14(11)18-12-6-5-10(19-3)7-9(12)2/h5-8H,4H2,1-3H3,(H3,15,16,17,18). The van der Waals surface area contributed by atoms with Gasteiger partial charge in [0.05, 0.1) is 7.11 Å². The highest BCUT2D eigenvalue weighted by Crippen LogP contribution is 2.26. The maximum atomic E-state index is 5.86. The number of anilines is 3. The van der Waals surface area contributed by atoms with Crippen molar-refractivity contribution in [2.75, 3.05) is 18.2 Å². The van der Waals surface area contributed by atoms with Gasteiger partial charge in [0, 0.05) is 11.3 Å². The van der Waals surface area contributed by atoms with Gasteiger partial charge in [0.15, 0.2) is 0 Å². The SMILES string of the molecule is CCc1c(N)ncnc1Nc1ccc(OC)cc1C. The first kappa shape index (κ1) is 13.1. The third-order valence-corrected chi connectivity index (χ3v) is 3.02. The van der Waals surface area contributed by atoms with E-state index < -0.39 is 0 Å². The van der Waals surface area contributed by atoms with Gasteiger partial charge in [-0.2, -0.15) is 0 Å². The minimum Gasteiger partial charge on any atom is -0.497 e. The van der Waals surface area contributed by atoms with E-state index >= 15 is 0 Å². The van der Waals surface area contributed by atoms with Crippen LogP contribution in [0.1, 0.15) is 18.1 Å². The lowest BCUT2D eigenvalue weighted by Crippen LogP contribution is -2.05. The Balaban J connectivity index is 2.34. The van der Waals surface area contributed by atoms with Crippen molar-refractivity contribution in [1.82, 2.24) is 9.97 Å². The van der Waals surface area contributed by atoms with Crippen LogP contribution in [-0.4, -0.2) is 17.1 Å². The minimum absolute atomic E-state index is 0.520. The number of rotatable bonds is 4. The van der Waals surface area contributed by atoms with Crippen molar-refractivity contribution in [3.8, 4) is 5.75 Å². The molecule has 1 aromatic carbocycles. The van der Waals surface area contributed by atoms with Crippen LogP contribution >= 0.6 is 0 Å². The number of nitrogens with two attached hydrogens (primary N) is 1. The Hall–Kier alpha value is -2.30. The van der Waals surface area contributed by atoms with Crippen LogP contribution in [0.2, 0.25) is 0 Å². The lowest BCUT2D eigenvalue weighted by atomic mass is 10.1. The Labute approximate surface area is 112 Å². The number of aromatic nitrogens is 2. The number of hydrogen-bond acceptors (Lipinski definition) is 5. The monoisotopic (exact) mass is 258 g/mol. The Morgan fingerprint density at radius 2 is 2.11 bits per heavy atom. The highest BCUT2D eigenvalue weighted by Gasteiger charge is 2.09. The largest absolute Gasteiger partial charge is 0.497 e. The molecule has 100 valence electrons. The van der Waals surface area contributed by atoms with Crippen molar-refractivity contribution < 1.29 is 4.74 Å². The van der Waals surface area contributed by atoms with Crippen molar-refractivity contribution in [3.63, 3.8) is 0 Å². The van der Waals surface area contributed by atoms with Gasteiger partial charge >= 0.3 is 0 Å². The van der Waals surface area contributed by atoms with Gasteiger partial charge in [0.1, 0.15) is 23.7 Å². The van der Waals surface area contributed by atoms with Gasteiger partial charge in [-0.05, 0) is 37.1 Å².